The van der Waals surface area contributed by atoms with E-state index in [0.717, 1.165) is 24.4 Å². The highest BCUT2D eigenvalue weighted by Crippen LogP contribution is 2.31. The molecule has 0 bridgehead atoms. The van der Waals surface area contributed by atoms with Crippen molar-refractivity contribution >= 4 is 12.1 Å². The van der Waals surface area contributed by atoms with Gasteiger partial charge in [0.1, 0.15) is 13.1 Å². The van der Waals surface area contributed by atoms with Crippen molar-refractivity contribution in [2.24, 2.45) is 5.10 Å². The number of quaternary nitrogens is 1. The van der Waals surface area contributed by atoms with Crippen molar-refractivity contribution in [3.05, 3.63) is 23.8 Å². The Morgan fingerprint density at radius 1 is 1.29 bits per heavy atom. The van der Waals surface area contributed by atoms with Gasteiger partial charge >= 0.3 is 0 Å². The summed E-state index contributed by atoms with van der Waals surface area (Å²) in [6.45, 7) is 3.81. The normalized spacial score (nSPS) is 18.1. The van der Waals surface area contributed by atoms with Gasteiger partial charge in [0.05, 0.1) is 19.4 Å². The van der Waals surface area contributed by atoms with Crippen LogP contribution in [0.15, 0.2) is 23.3 Å². The maximum Gasteiger partial charge on any atom is 0.295 e. The van der Waals surface area contributed by atoms with E-state index < -0.39 is 0 Å². The van der Waals surface area contributed by atoms with Crippen LogP contribution in [0.1, 0.15) is 5.56 Å². The van der Waals surface area contributed by atoms with Gasteiger partial charge in [-0.3, -0.25) is 4.79 Å². The number of hydrogen-bond donors (Lipinski definition) is 2. The highest BCUT2D eigenvalue weighted by molar-refractivity contribution is 5.83. The molecule has 1 aromatic rings. The van der Waals surface area contributed by atoms with Gasteiger partial charge in [0.15, 0.2) is 18.0 Å². The molecule has 0 atom stereocenters. The first-order valence-electron chi connectivity index (χ1n) is 6.94. The molecule has 0 unspecified atom stereocenters. The van der Waals surface area contributed by atoms with Crippen LogP contribution in [-0.2, 0) is 9.53 Å². The van der Waals surface area contributed by atoms with Gasteiger partial charge in [0.25, 0.3) is 5.91 Å². The van der Waals surface area contributed by atoms with Gasteiger partial charge < -0.3 is 19.1 Å². The molecule has 2 aliphatic heterocycles. The first-order chi connectivity index (χ1) is 10.3. The average Bonchev–Trinajstić information content (AvgIpc) is 2.96. The van der Waals surface area contributed by atoms with Crippen LogP contribution in [-0.4, -0.2) is 51.8 Å². The Kier molecular flexibility index (Phi) is 4.32. The molecular weight excluding hydrogens is 274 g/mol. The molecule has 0 spiro atoms. The second-order valence-corrected chi connectivity index (χ2v) is 4.95. The highest BCUT2D eigenvalue weighted by Gasteiger charge is 2.17. The third-order valence-corrected chi connectivity index (χ3v) is 3.41. The summed E-state index contributed by atoms with van der Waals surface area (Å²) in [5.74, 6) is 1.33. The van der Waals surface area contributed by atoms with Gasteiger partial charge in [0.2, 0.25) is 6.79 Å². The molecule has 2 N–H and O–H groups in total. The van der Waals surface area contributed by atoms with Crippen molar-refractivity contribution in [3.8, 4) is 11.5 Å². The molecule has 2 heterocycles. The Morgan fingerprint density at radius 3 is 2.95 bits per heavy atom. The number of ether oxygens (including phenoxy) is 3. The standard InChI is InChI=1S/C14H17N3O4/c18-14(9-17-3-5-19-6-4-17)16-15-8-11-1-2-12-13(7-11)21-10-20-12/h1-2,7-8H,3-6,9-10H2,(H,16,18)/p+1/b15-8-. The van der Waals surface area contributed by atoms with E-state index in [2.05, 4.69) is 10.5 Å². The second kappa shape index (κ2) is 6.55. The lowest BCUT2D eigenvalue weighted by Crippen LogP contribution is -3.15. The Labute approximate surface area is 122 Å². The van der Waals surface area contributed by atoms with Crippen LogP contribution in [0.2, 0.25) is 0 Å². The Hall–Kier alpha value is -2.12. The molecule has 1 amide bonds. The maximum absolute atomic E-state index is 11.8. The van der Waals surface area contributed by atoms with Crippen LogP contribution in [0, 0.1) is 0 Å². The molecule has 0 aromatic heterocycles. The number of nitrogens with zero attached hydrogens (tertiary/aromatic N) is 1. The largest absolute Gasteiger partial charge is 0.454 e. The number of amides is 1. The molecule has 21 heavy (non-hydrogen) atoms. The van der Waals surface area contributed by atoms with E-state index in [1.54, 1.807) is 6.21 Å². The van der Waals surface area contributed by atoms with E-state index in [1.165, 1.54) is 4.90 Å². The molecule has 7 nitrogen and oxygen atoms in total. The fourth-order valence-corrected chi connectivity index (χ4v) is 2.28. The molecule has 7 heteroatoms. The van der Waals surface area contributed by atoms with Crippen LogP contribution in [0.25, 0.3) is 0 Å². The van der Waals surface area contributed by atoms with E-state index in [1.807, 2.05) is 18.2 Å². The topological polar surface area (TPSA) is 73.6 Å². The number of nitrogens with one attached hydrogen (secondary N) is 2. The van der Waals surface area contributed by atoms with E-state index >= 15 is 0 Å². The molecule has 2 aliphatic rings. The molecule has 1 aromatic carbocycles. The summed E-state index contributed by atoms with van der Waals surface area (Å²) in [7, 11) is 0. The van der Waals surface area contributed by atoms with Crippen LogP contribution in [0.4, 0.5) is 0 Å². The van der Waals surface area contributed by atoms with E-state index in [-0.39, 0.29) is 12.7 Å². The molecule has 0 saturated carbocycles. The van der Waals surface area contributed by atoms with Gasteiger partial charge in [-0.25, -0.2) is 5.43 Å². The van der Waals surface area contributed by atoms with Gasteiger partial charge in [-0.2, -0.15) is 5.10 Å². The van der Waals surface area contributed by atoms with E-state index in [9.17, 15) is 4.79 Å². The zero-order valence-electron chi connectivity index (χ0n) is 11.6. The number of carbonyl (C=O) groups excluding carboxylic acids is 1. The minimum Gasteiger partial charge on any atom is -0.454 e. The fourth-order valence-electron chi connectivity index (χ4n) is 2.28. The first kappa shape index (κ1) is 13.8. The fraction of sp³-hybridized carbons (Fsp3) is 0.429. The summed E-state index contributed by atoms with van der Waals surface area (Å²) in [4.78, 5) is 13.0. The van der Waals surface area contributed by atoms with Crippen molar-refractivity contribution in [1.29, 1.82) is 0 Å². The number of morpholine rings is 1. The predicted octanol–water partition coefficient (Wildman–Crippen LogP) is -1.22. The number of carbonyl (C=O) groups is 1. The second-order valence-electron chi connectivity index (χ2n) is 4.95. The third-order valence-electron chi connectivity index (χ3n) is 3.41. The molecule has 0 radical (unpaired) electrons. The minimum atomic E-state index is -0.0936. The molecular formula is C14H18N3O4+. The number of hydrazone groups is 1. The molecule has 3 rings (SSSR count). The SMILES string of the molecule is O=C(C[NH+]1CCOCC1)N/N=C\c1ccc2c(c1)OCO2. The summed E-state index contributed by atoms with van der Waals surface area (Å²) < 4.78 is 15.8. The molecule has 0 aliphatic carbocycles. The maximum atomic E-state index is 11.8. The monoisotopic (exact) mass is 292 g/mol. The zero-order chi connectivity index (χ0) is 14.5. The lowest BCUT2D eigenvalue weighted by molar-refractivity contribution is -0.900. The minimum absolute atomic E-state index is 0.0936. The number of benzene rings is 1. The Balaban J connectivity index is 1.48. The van der Waals surface area contributed by atoms with Crippen molar-refractivity contribution in [1.82, 2.24) is 5.43 Å². The number of rotatable bonds is 4. The quantitative estimate of drug-likeness (QED) is 0.539. The smallest absolute Gasteiger partial charge is 0.295 e. The first-order valence-corrected chi connectivity index (χ1v) is 6.94. The van der Waals surface area contributed by atoms with Gasteiger partial charge in [-0.05, 0) is 23.8 Å². The molecule has 112 valence electrons. The van der Waals surface area contributed by atoms with Gasteiger partial charge in [-0.15, -0.1) is 0 Å². The molecule has 1 saturated heterocycles. The van der Waals surface area contributed by atoms with Crippen molar-refractivity contribution in [3.63, 3.8) is 0 Å². The molecule has 1 fully saturated rings. The summed E-state index contributed by atoms with van der Waals surface area (Å²) in [5, 5.41) is 3.97. The lowest BCUT2D eigenvalue weighted by atomic mass is 10.2. The number of fused-ring (bicyclic) bond motifs is 1. The summed E-state index contributed by atoms with van der Waals surface area (Å²) in [6.07, 6.45) is 1.59. The summed E-state index contributed by atoms with van der Waals surface area (Å²) in [5.41, 5.74) is 3.39. The highest BCUT2D eigenvalue weighted by atomic mass is 16.7. The summed E-state index contributed by atoms with van der Waals surface area (Å²) >= 11 is 0. The Bertz CT molecular complexity index is 541. The summed E-state index contributed by atoms with van der Waals surface area (Å²) in [6, 6.07) is 5.50. The lowest BCUT2D eigenvalue weighted by Gasteiger charge is -2.22. The third kappa shape index (κ3) is 3.71. The van der Waals surface area contributed by atoms with Gasteiger partial charge in [0, 0.05) is 0 Å². The van der Waals surface area contributed by atoms with Crippen LogP contribution >= 0.6 is 0 Å². The Morgan fingerprint density at radius 2 is 2.10 bits per heavy atom. The zero-order valence-corrected chi connectivity index (χ0v) is 11.6. The van der Waals surface area contributed by atoms with Crippen LogP contribution in [0.5, 0.6) is 11.5 Å². The van der Waals surface area contributed by atoms with Crippen molar-refractivity contribution in [2.75, 3.05) is 39.6 Å². The van der Waals surface area contributed by atoms with Gasteiger partial charge in [-0.1, -0.05) is 0 Å². The van der Waals surface area contributed by atoms with Crippen molar-refractivity contribution in [2.45, 2.75) is 0 Å². The van der Waals surface area contributed by atoms with Crippen LogP contribution < -0.4 is 19.8 Å². The number of hydrogen-bond acceptors (Lipinski definition) is 5. The van der Waals surface area contributed by atoms with E-state index in [4.69, 9.17) is 14.2 Å². The predicted molar refractivity (Wildman–Crippen MR) is 74.7 cm³/mol. The van der Waals surface area contributed by atoms with Crippen molar-refractivity contribution < 1.29 is 23.9 Å². The van der Waals surface area contributed by atoms with E-state index in [0.29, 0.717) is 25.5 Å². The average molecular weight is 292 g/mol. The van der Waals surface area contributed by atoms with Crippen LogP contribution in [0.3, 0.4) is 0 Å².